The molecule has 0 bridgehead atoms. The van der Waals surface area contributed by atoms with Crippen molar-refractivity contribution in [1.82, 2.24) is 19.9 Å². The lowest BCUT2D eigenvalue weighted by molar-refractivity contribution is 0.601. The molecule has 16 nitrogen and oxygen atoms in total. The zero-order chi connectivity index (χ0) is 83.7. The first kappa shape index (κ1) is 78.1. The highest BCUT2D eigenvalue weighted by Gasteiger charge is 2.41. The third-order valence-corrected chi connectivity index (χ3v) is 24.7. The van der Waals surface area contributed by atoms with E-state index in [0.717, 1.165) is 111 Å². The molecule has 0 radical (unpaired) electrons. The van der Waals surface area contributed by atoms with Gasteiger partial charge in [0.15, 0.2) is 22.3 Å². The first-order valence-electron chi connectivity index (χ1n) is 42.5. The predicted octanol–water partition coefficient (Wildman–Crippen LogP) is 27.8. The molecule has 4 aliphatic heterocycles. The lowest BCUT2D eigenvalue weighted by Gasteiger charge is -2.34. The van der Waals surface area contributed by atoms with Crippen molar-refractivity contribution < 1.29 is 17.7 Å². The van der Waals surface area contributed by atoms with Crippen molar-refractivity contribution in [2.45, 2.75) is 187 Å². The number of aryl methyl sites for hydroxylation is 8. The molecule has 4 aliphatic rings. The number of benzene rings is 9. The standard InChI is InChI=1S/C29H33N3O.C27H23N3O.2C24H25N3O/c1-17(2)22-9-8-10-23(18(3)4)27(22)32-16-15-31(21(32)7)26-19(5)11-13-24-25-14-12-20(6)30-29(25)33-28(24)26;1-17-13-15-21-22-16-14-18(2)28-27(22)31-26(21)25(17)30-19(3)29(20-9-5-4-6-10-20)23-11-7-8-12-24(23)30;2*1-14(2)26-17(5)27(21-9-7-6-8-20(21)26)22-15(3)10-12-18-19-13-11-16(4)25-24(19)28-23(18)22/h8-18,21H,1-7H3;4-16,19H,1-3H3;2*6-14,17H,1-5H3. The highest BCUT2D eigenvalue weighted by atomic mass is 16.4. The largest absolute Gasteiger partial charge is 0.435 e. The molecule has 120 heavy (non-hydrogen) atoms. The Bertz CT molecular complexity index is 6650. The predicted molar refractivity (Wildman–Crippen MR) is 500 cm³/mol. The summed E-state index contributed by atoms with van der Waals surface area (Å²) in [6.45, 7) is 43.8. The summed E-state index contributed by atoms with van der Waals surface area (Å²) in [5, 5.41) is 8.73. The lowest BCUT2D eigenvalue weighted by Crippen LogP contribution is -2.42. The van der Waals surface area contributed by atoms with Crippen molar-refractivity contribution in [2.24, 2.45) is 0 Å². The fourth-order valence-electron chi connectivity index (χ4n) is 19.2. The first-order valence-corrected chi connectivity index (χ1v) is 42.5. The van der Waals surface area contributed by atoms with Crippen molar-refractivity contribution in [3.8, 4) is 0 Å². The summed E-state index contributed by atoms with van der Waals surface area (Å²) in [5.74, 6) is 0.895. The van der Waals surface area contributed by atoms with Crippen molar-refractivity contribution in [3.05, 3.63) is 287 Å². The summed E-state index contributed by atoms with van der Waals surface area (Å²) in [6.07, 6.45) is 5.02. The second kappa shape index (κ2) is 30.7. The Hall–Kier alpha value is -13.1. The number of anilines is 12. The number of rotatable bonds is 10. The van der Waals surface area contributed by atoms with E-state index in [0.29, 0.717) is 46.8 Å². The molecule has 0 fully saturated rings. The summed E-state index contributed by atoms with van der Waals surface area (Å²) >= 11 is 0. The zero-order valence-corrected chi connectivity index (χ0v) is 72.6. The molecule has 12 heterocycles. The zero-order valence-electron chi connectivity index (χ0n) is 72.6. The molecule has 0 amide bonds. The second-order valence-corrected chi connectivity index (χ2v) is 34.1. The van der Waals surface area contributed by atoms with E-state index in [-0.39, 0.29) is 24.7 Å². The van der Waals surface area contributed by atoms with Gasteiger partial charge in [0.2, 0.25) is 22.9 Å². The minimum Gasteiger partial charge on any atom is -0.435 e. The highest BCUT2D eigenvalue weighted by Crippen LogP contribution is 2.55. The van der Waals surface area contributed by atoms with E-state index in [9.17, 15) is 0 Å². The van der Waals surface area contributed by atoms with Gasteiger partial charge in [-0.2, -0.15) is 0 Å². The molecule has 8 aromatic heterocycles. The highest BCUT2D eigenvalue weighted by molar-refractivity contribution is 6.14. The topological polar surface area (TPSA) is 130 Å². The quantitative estimate of drug-likeness (QED) is 0.129. The maximum Gasteiger partial charge on any atom is 0.227 e. The first-order chi connectivity index (χ1) is 57.8. The summed E-state index contributed by atoms with van der Waals surface area (Å²) in [5.41, 5.74) is 32.2. The summed E-state index contributed by atoms with van der Waals surface area (Å²) in [4.78, 5) is 37.9. The second-order valence-electron chi connectivity index (χ2n) is 34.1. The molecule has 0 N–H and O–H groups in total. The fraction of sp³-hybridized carbons (Fsp3) is 0.269. The lowest BCUT2D eigenvalue weighted by atomic mass is 9.92. The van der Waals surface area contributed by atoms with Gasteiger partial charge >= 0.3 is 0 Å². The maximum atomic E-state index is 6.39. The molecule has 0 spiro atoms. The Labute approximate surface area is 703 Å². The van der Waals surface area contributed by atoms with E-state index in [2.05, 4.69) is 376 Å². The molecule has 0 saturated heterocycles. The van der Waals surface area contributed by atoms with Gasteiger partial charge in [0, 0.05) is 102 Å². The van der Waals surface area contributed by atoms with Gasteiger partial charge in [-0.1, -0.05) is 149 Å². The molecule has 21 rings (SSSR count). The summed E-state index contributed by atoms with van der Waals surface area (Å²) in [7, 11) is 0. The molecule has 17 aromatic rings. The SMILES string of the molecule is Cc1ccc2c(n1)oc1c(N3C=CN(c4c(C(C)C)cccc4C(C)C)C3C)c(C)ccc12.Cc1ccc2c(n1)oc1c(N3c4ccccc4N(C(C)C)C3C)c(C)ccc12.Cc1ccc2c(n1)oc1c(N3c4ccccc4N(C(C)C)C3C)c(C)ccc12.Cc1ccc2c(n1)oc1c(N3c4ccccc4N(c4ccccc4)C3C)c(C)ccc12. The molecule has 606 valence electrons. The Kier molecular flexibility index (Phi) is 20.0. The number of nitrogens with zero attached hydrogens (tertiary/aromatic N) is 12. The summed E-state index contributed by atoms with van der Waals surface area (Å²) in [6, 6.07) is 78.0. The third kappa shape index (κ3) is 13.0. The molecular formula is C104H106N12O4. The van der Waals surface area contributed by atoms with Crippen LogP contribution >= 0.6 is 0 Å². The molecule has 4 unspecified atom stereocenters. The molecule has 9 aromatic carbocycles. The minimum atomic E-state index is 0.0898. The fourth-order valence-corrected chi connectivity index (χ4v) is 19.2. The van der Waals surface area contributed by atoms with Crippen LogP contribution in [0.15, 0.2) is 248 Å². The normalized spacial score (nSPS) is 16.3. The Morgan fingerprint density at radius 3 is 0.883 bits per heavy atom. The van der Waals surface area contributed by atoms with E-state index >= 15 is 0 Å². The van der Waals surface area contributed by atoms with Crippen LogP contribution in [0.3, 0.4) is 0 Å². The Balaban J connectivity index is 0.000000110. The molecule has 4 atom stereocenters. The Morgan fingerprint density at radius 1 is 0.258 bits per heavy atom. The molecule has 16 heteroatoms. The van der Waals surface area contributed by atoms with Crippen LogP contribution in [0.4, 0.5) is 68.2 Å². The van der Waals surface area contributed by atoms with Crippen LogP contribution < -0.4 is 39.2 Å². The van der Waals surface area contributed by atoms with Crippen molar-refractivity contribution in [1.29, 1.82) is 0 Å². The van der Waals surface area contributed by atoms with E-state index in [1.54, 1.807) is 0 Å². The van der Waals surface area contributed by atoms with Gasteiger partial charge in [0.1, 0.15) is 24.7 Å². The van der Waals surface area contributed by atoms with Crippen LogP contribution in [-0.2, 0) is 0 Å². The Morgan fingerprint density at radius 2 is 0.542 bits per heavy atom. The van der Waals surface area contributed by atoms with Gasteiger partial charge in [-0.3, -0.25) is 0 Å². The van der Waals surface area contributed by atoms with E-state index in [1.807, 2.05) is 52.0 Å². The molecular weight excluding hydrogens is 1480 g/mol. The number of hydrogen-bond acceptors (Lipinski definition) is 16. The number of para-hydroxylation sites is 8. The molecule has 0 saturated carbocycles. The van der Waals surface area contributed by atoms with Gasteiger partial charge in [-0.05, 0) is 253 Å². The molecule has 0 aliphatic carbocycles. The average molecular weight is 1590 g/mol. The van der Waals surface area contributed by atoms with Gasteiger partial charge in [-0.25, -0.2) is 19.9 Å². The van der Waals surface area contributed by atoms with Crippen LogP contribution in [0.5, 0.6) is 0 Å². The van der Waals surface area contributed by atoms with Gasteiger partial charge in [-0.15, -0.1) is 0 Å². The number of hydrogen-bond donors (Lipinski definition) is 0. The van der Waals surface area contributed by atoms with Crippen LogP contribution in [0.2, 0.25) is 0 Å². The van der Waals surface area contributed by atoms with Crippen LogP contribution in [0, 0.1) is 55.4 Å². The van der Waals surface area contributed by atoms with E-state index in [4.69, 9.17) is 17.7 Å². The van der Waals surface area contributed by atoms with Crippen LogP contribution in [-0.4, -0.2) is 56.7 Å². The van der Waals surface area contributed by atoms with Gasteiger partial charge in [0.05, 0.1) is 56.9 Å². The maximum absolute atomic E-state index is 6.39. The number of furan rings is 4. The number of aromatic nitrogens is 4. The van der Waals surface area contributed by atoms with Crippen molar-refractivity contribution in [3.63, 3.8) is 0 Å². The monoisotopic (exact) mass is 1590 g/mol. The number of pyridine rings is 4. The smallest absolute Gasteiger partial charge is 0.227 e. The van der Waals surface area contributed by atoms with Crippen LogP contribution in [0.25, 0.3) is 88.3 Å². The van der Waals surface area contributed by atoms with E-state index < -0.39 is 0 Å². The number of fused-ring (bicyclic) bond motifs is 15. The average Bonchev–Trinajstić information content (AvgIpc) is 1.58. The minimum absolute atomic E-state index is 0.0898. The van der Waals surface area contributed by atoms with Gasteiger partial charge < -0.3 is 56.9 Å². The van der Waals surface area contributed by atoms with E-state index in [1.165, 1.54) is 78.9 Å². The third-order valence-electron chi connectivity index (χ3n) is 24.7. The summed E-state index contributed by atoms with van der Waals surface area (Å²) < 4.78 is 25.4. The van der Waals surface area contributed by atoms with Gasteiger partial charge in [0.25, 0.3) is 0 Å². The van der Waals surface area contributed by atoms with Crippen molar-refractivity contribution in [2.75, 3.05) is 39.2 Å². The van der Waals surface area contributed by atoms with Crippen LogP contribution in [0.1, 0.15) is 151 Å². The van der Waals surface area contributed by atoms with Crippen molar-refractivity contribution >= 4 is 157 Å².